The molecular formula is C14H21NO4. The maximum Gasteiger partial charge on any atom is 0.410 e. The van der Waals surface area contributed by atoms with Crippen molar-refractivity contribution in [2.75, 3.05) is 0 Å². The van der Waals surface area contributed by atoms with E-state index in [9.17, 15) is 9.59 Å². The molecule has 1 aliphatic heterocycles. The monoisotopic (exact) mass is 267 g/mol. The van der Waals surface area contributed by atoms with Crippen LogP contribution >= 0.6 is 0 Å². The van der Waals surface area contributed by atoms with E-state index in [1.54, 1.807) is 20.8 Å². The zero-order valence-electron chi connectivity index (χ0n) is 11.7. The molecule has 5 heteroatoms. The molecule has 1 rings (SSSR count). The Labute approximate surface area is 113 Å². The Bertz CT molecular complexity index is 391. The molecule has 1 amide bonds. The van der Waals surface area contributed by atoms with Crippen LogP contribution < -0.4 is 0 Å². The summed E-state index contributed by atoms with van der Waals surface area (Å²) in [6.45, 7) is 5.34. The first-order valence-electron chi connectivity index (χ1n) is 6.41. The van der Waals surface area contributed by atoms with Gasteiger partial charge >= 0.3 is 12.1 Å². The third-order valence-electron chi connectivity index (χ3n) is 2.99. The van der Waals surface area contributed by atoms with E-state index in [4.69, 9.17) is 16.3 Å². The summed E-state index contributed by atoms with van der Waals surface area (Å²) in [7, 11) is 0. The Morgan fingerprint density at radius 1 is 1.37 bits per heavy atom. The van der Waals surface area contributed by atoms with Crippen molar-refractivity contribution in [3.63, 3.8) is 0 Å². The number of rotatable bonds is 3. The van der Waals surface area contributed by atoms with Crippen molar-refractivity contribution in [3.05, 3.63) is 0 Å². The highest BCUT2D eigenvalue weighted by atomic mass is 16.6. The predicted molar refractivity (Wildman–Crippen MR) is 70.6 cm³/mol. The van der Waals surface area contributed by atoms with E-state index in [2.05, 4.69) is 5.92 Å². The zero-order chi connectivity index (χ0) is 14.6. The van der Waals surface area contributed by atoms with Crippen molar-refractivity contribution in [1.82, 2.24) is 4.90 Å². The Balaban J connectivity index is 2.83. The fourth-order valence-corrected chi connectivity index (χ4v) is 2.31. The Morgan fingerprint density at radius 3 is 2.42 bits per heavy atom. The number of carboxylic acids is 1. The molecule has 1 saturated heterocycles. The number of ether oxygens (including phenoxy) is 1. The van der Waals surface area contributed by atoms with Crippen molar-refractivity contribution < 1.29 is 19.4 Å². The first-order valence-corrected chi connectivity index (χ1v) is 6.41. The number of aliphatic carboxylic acids is 1. The number of nitrogens with zero attached hydrogens (tertiary/aromatic N) is 1. The minimum atomic E-state index is -0.917. The van der Waals surface area contributed by atoms with Crippen LogP contribution in [0.4, 0.5) is 4.79 Å². The third kappa shape index (κ3) is 4.47. The standard InChI is InChI=1S/C14H21NO4/c1-5-6-10-7-8-11(9-12(16)17)15(10)13(18)19-14(2,3)4/h1,10-11H,6-9H2,2-4H3,(H,16,17)/t10-,11-/m1/s1. The predicted octanol–water partition coefficient (Wildman–Crippen LogP) is 2.25. The average Bonchev–Trinajstić information content (AvgIpc) is 2.58. The van der Waals surface area contributed by atoms with E-state index in [0.29, 0.717) is 12.8 Å². The van der Waals surface area contributed by atoms with Crippen LogP contribution in [0.25, 0.3) is 0 Å². The summed E-state index contributed by atoms with van der Waals surface area (Å²) < 4.78 is 5.34. The van der Waals surface area contributed by atoms with Gasteiger partial charge in [0.15, 0.2) is 0 Å². The van der Waals surface area contributed by atoms with Gasteiger partial charge in [-0.1, -0.05) is 0 Å². The van der Waals surface area contributed by atoms with E-state index >= 15 is 0 Å². The minimum absolute atomic E-state index is 0.0691. The number of terminal acetylenes is 1. The molecule has 0 spiro atoms. The van der Waals surface area contributed by atoms with Gasteiger partial charge in [0, 0.05) is 18.5 Å². The van der Waals surface area contributed by atoms with Crippen LogP contribution in [0.15, 0.2) is 0 Å². The second-order valence-electron chi connectivity index (χ2n) is 5.78. The molecule has 0 bridgehead atoms. The molecule has 19 heavy (non-hydrogen) atoms. The molecule has 0 saturated carbocycles. The van der Waals surface area contributed by atoms with Crippen molar-refractivity contribution >= 4 is 12.1 Å². The highest BCUT2D eigenvalue weighted by molar-refractivity contribution is 5.72. The molecular weight excluding hydrogens is 246 g/mol. The number of carbonyl (C=O) groups excluding carboxylic acids is 1. The summed E-state index contributed by atoms with van der Waals surface area (Å²) in [4.78, 5) is 24.5. The molecule has 0 radical (unpaired) electrons. The molecule has 2 atom stereocenters. The number of hydrogen-bond donors (Lipinski definition) is 1. The molecule has 1 N–H and O–H groups in total. The second kappa shape index (κ2) is 5.96. The molecule has 0 aliphatic carbocycles. The third-order valence-corrected chi connectivity index (χ3v) is 2.99. The number of amides is 1. The average molecular weight is 267 g/mol. The van der Waals surface area contributed by atoms with Gasteiger partial charge in [0.1, 0.15) is 5.60 Å². The molecule has 0 aromatic carbocycles. The molecule has 0 aromatic heterocycles. The van der Waals surface area contributed by atoms with E-state index in [-0.39, 0.29) is 18.5 Å². The van der Waals surface area contributed by atoms with E-state index < -0.39 is 17.7 Å². The molecule has 1 heterocycles. The molecule has 1 fully saturated rings. The lowest BCUT2D eigenvalue weighted by Gasteiger charge is -2.31. The van der Waals surface area contributed by atoms with Gasteiger partial charge in [-0.05, 0) is 33.6 Å². The van der Waals surface area contributed by atoms with E-state index in [1.165, 1.54) is 4.90 Å². The fraction of sp³-hybridized carbons (Fsp3) is 0.714. The van der Waals surface area contributed by atoms with Gasteiger partial charge in [-0.15, -0.1) is 12.3 Å². The van der Waals surface area contributed by atoms with Crippen molar-refractivity contribution in [2.24, 2.45) is 0 Å². The van der Waals surface area contributed by atoms with Crippen molar-refractivity contribution in [1.29, 1.82) is 0 Å². The summed E-state index contributed by atoms with van der Waals surface area (Å²) in [5.74, 6) is 1.62. The van der Waals surface area contributed by atoms with Gasteiger partial charge in [-0.2, -0.15) is 0 Å². The van der Waals surface area contributed by atoms with Gasteiger partial charge in [-0.25, -0.2) is 4.79 Å². The number of carboxylic acid groups (broad SMARTS) is 1. The lowest BCUT2D eigenvalue weighted by atomic mass is 10.1. The van der Waals surface area contributed by atoms with Crippen LogP contribution in [0.2, 0.25) is 0 Å². The van der Waals surface area contributed by atoms with Crippen LogP contribution in [0.1, 0.15) is 46.5 Å². The van der Waals surface area contributed by atoms with Crippen LogP contribution in [0.5, 0.6) is 0 Å². The number of hydrogen-bond acceptors (Lipinski definition) is 3. The van der Waals surface area contributed by atoms with Crippen molar-refractivity contribution in [2.45, 2.75) is 64.1 Å². The summed E-state index contributed by atoms with van der Waals surface area (Å²) >= 11 is 0. The van der Waals surface area contributed by atoms with E-state index in [0.717, 1.165) is 6.42 Å². The number of likely N-dealkylation sites (tertiary alicyclic amines) is 1. The lowest BCUT2D eigenvalue weighted by Crippen LogP contribution is -2.44. The van der Waals surface area contributed by atoms with Crippen LogP contribution in [-0.2, 0) is 9.53 Å². The molecule has 1 aliphatic rings. The Morgan fingerprint density at radius 2 is 1.95 bits per heavy atom. The van der Waals surface area contributed by atoms with Crippen LogP contribution in [-0.4, -0.2) is 39.8 Å². The maximum absolute atomic E-state index is 12.2. The topological polar surface area (TPSA) is 66.8 Å². The van der Waals surface area contributed by atoms with E-state index in [1.807, 2.05) is 0 Å². The highest BCUT2D eigenvalue weighted by Gasteiger charge is 2.39. The molecule has 106 valence electrons. The number of carbonyl (C=O) groups is 2. The lowest BCUT2D eigenvalue weighted by molar-refractivity contribution is -0.138. The molecule has 0 unspecified atom stereocenters. The quantitative estimate of drug-likeness (QED) is 0.796. The minimum Gasteiger partial charge on any atom is -0.481 e. The maximum atomic E-state index is 12.2. The summed E-state index contributed by atoms with van der Waals surface area (Å²) in [5.41, 5.74) is -0.603. The largest absolute Gasteiger partial charge is 0.481 e. The Hall–Kier alpha value is -1.70. The SMILES string of the molecule is C#CC[C@@H]1CC[C@H](CC(=O)O)N1C(=O)OC(C)(C)C. The van der Waals surface area contributed by atoms with Crippen LogP contribution in [0.3, 0.4) is 0 Å². The second-order valence-corrected chi connectivity index (χ2v) is 5.78. The summed E-state index contributed by atoms with van der Waals surface area (Å²) in [6.07, 6.45) is 6.56. The summed E-state index contributed by atoms with van der Waals surface area (Å²) in [5, 5.41) is 8.90. The van der Waals surface area contributed by atoms with Crippen molar-refractivity contribution in [3.8, 4) is 12.3 Å². The normalized spacial score (nSPS) is 22.9. The van der Waals surface area contributed by atoms with Gasteiger partial charge in [0.25, 0.3) is 0 Å². The Kier molecular flexibility index (Phi) is 4.82. The van der Waals surface area contributed by atoms with Crippen LogP contribution in [0, 0.1) is 12.3 Å². The van der Waals surface area contributed by atoms with Gasteiger partial charge in [0.2, 0.25) is 0 Å². The zero-order valence-corrected chi connectivity index (χ0v) is 11.7. The van der Waals surface area contributed by atoms with Gasteiger partial charge < -0.3 is 14.7 Å². The van der Waals surface area contributed by atoms with Gasteiger partial charge in [-0.3, -0.25) is 4.79 Å². The molecule has 5 nitrogen and oxygen atoms in total. The highest BCUT2D eigenvalue weighted by Crippen LogP contribution is 2.30. The fourth-order valence-electron chi connectivity index (χ4n) is 2.31. The first-order chi connectivity index (χ1) is 8.74. The smallest absolute Gasteiger partial charge is 0.410 e. The first kappa shape index (κ1) is 15.4. The molecule has 0 aromatic rings. The van der Waals surface area contributed by atoms with Gasteiger partial charge in [0.05, 0.1) is 6.42 Å². The summed E-state index contributed by atoms with van der Waals surface area (Å²) in [6, 6.07) is -0.449.